The van der Waals surface area contributed by atoms with Crippen molar-refractivity contribution in [1.82, 2.24) is 0 Å². The summed E-state index contributed by atoms with van der Waals surface area (Å²) in [5.41, 5.74) is -5.02. The number of aldehydes is 1. The van der Waals surface area contributed by atoms with Gasteiger partial charge in [-0.15, -0.1) is 0 Å². The first kappa shape index (κ1) is 35.4. The van der Waals surface area contributed by atoms with Crippen LogP contribution in [0.5, 0.6) is 5.75 Å². The predicted molar refractivity (Wildman–Crippen MR) is 133 cm³/mol. The van der Waals surface area contributed by atoms with Crippen molar-refractivity contribution in [2.24, 2.45) is 0 Å². The van der Waals surface area contributed by atoms with Crippen LogP contribution in [0.3, 0.4) is 0 Å². The van der Waals surface area contributed by atoms with E-state index in [0.717, 1.165) is 19.5 Å². The highest BCUT2D eigenvalue weighted by Crippen LogP contribution is 2.39. The molecule has 1 heterocycles. The summed E-state index contributed by atoms with van der Waals surface area (Å²) in [5, 5.41) is 9.03. The van der Waals surface area contributed by atoms with Crippen LogP contribution in [0, 0.1) is 5.82 Å². The fraction of sp³-hybridized carbons (Fsp3) is 0.417. The average molecular weight is 621 g/mol. The first-order valence-corrected chi connectivity index (χ1v) is 12.9. The second-order valence-electron chi connectivity index (χ2n) is 8.35. The number of nitrogens with zero attached hydrogens (tertiary/aromatic N) is 1. The number of sulfonamides is 1. The Morgan fingerprint density at radius 3 is 2.20 bits per heavy atom. The monoisotopic (exact) mass is 620 g/mol. The number of aliphatic hydroxyl groups is 1. The van der Waals surface area contributed by atoms with E-state index in [1.54, 1.807) is 0 Å². The van der Waals surface area contributed by atoms with Gasteiger partial charge >= 0.3 is 18.4 Å². The summed E-state index contributed by atoms with van der Waals surface area (Å²) in [6, 6.07) is 4.60. The smallest absolute Gasteiger partial charge is 0.427 e. The molecule has 0 fully saturated rings. The molecule has 0 saturated heterocycles. The molecule has 17 heteroatoms. The van der Waals surface area contributed by atoms with E-state index in [4.69, 9.17) is 9.84 Å². The summed E-state index contributed by atoms with van der Waals surface area (Å²) in [4.78, 5) is 20.3. The molecule has 0 aromatic heterocycles. The predicted octanol–water partition coefficient (Wildman–Crippen LogP) is 5.53. The highest BCUT2D eigenvalue weighted by molar-refractivity contribution is 7.92. The van der Waals surface area contributed by atoms with E-state index in [-0.39, 0.29) is 36.3 Å². The van der Waals surface area contributed by atoms with Crippen LogP contribution in [0.15, 0.2) is 41.3 Å². The number of aliphatic hydroxyl groups excluding tert-OH is 1. The van der Waals surface area contributed by atoms with Gasteiger partial charge in [-0.3, -0.25) is 9.62 Å². The number of alkyl halides is 6. The van der Waals surface area contributed by atoms with Gasteiger partial charge in [-0.05, 0) is 50.2 Å². The van der Waals surface area contributed by atoms with Crippen molar-refractivity contribution >= 4 is 33.8 Å². The van der Waals surface area contributed by atoms with Crippen molar-refractivity contribution in [3.8, 4) is 5.75 Å². The number of fused-ring (bicyclic) bond motifs is 1. The molecular weight excluding hydrogens is 593 g/mol. The second kappa shape index (κ2) is 13.8. The molecule has 0 saturated carbocycles. The van der Waals surface area contributed by atoms with Gasteiger partial charge in [-0.1, -0.05) is 6.92 Å². The number of benzene rings is 2. The van der Waals surface area contributed by atoms with Crippen LogP contribution >= 0.6 is 0 Å². The summed E-state index contributed by atoms with van der Waals surface area (Å²) in [7, 11) is -3.67. The van der Waals surface area contributed by atoms with Gasteiger partial charge in [0.25, 0.3) is 10.0 Å². The molecule has 0 radical (unpaired) electrons. The molecule has 41 heavy (non-hydrogen) atoms. The lowest BCUT2D eigenvalue weighted by molar-refractivity contribution is -0.242. The number of carbonyl (C=O) groups is 2. The van der Waals surface area contributed by atoms with E-state index in [1.807, 2.05) is 12.2 Å². The third kappa shape index (κ3) is 8.94. The first-order chi connectivity index (χ1) is 18.8. The molecule has 230 valence electrons. The van der Waals surface area contributed by atoms with Gasteiger partial charge in [0.1, 0.15) is 24.5 Å². The maximum absolute atomic E-state index is 13.6. The Morgan fingerprint density at radius 2 is 1.68 bits per heavy atom. The quantitative estimate of drug-likeness (QED) is 0.333. The Kier molecular flexibility index (Phi) is 12.0. The molecule has 1 aliphatic rings. The molecule has 0 atom stereocenters. The van der Waals surface area contributed by atoms with E-state index < -0.39 is 50.3 Å². The number of halogens is 7. The number of hydrogen-bond acceptors (Lipinski definition) is 7. The third-order valence-corrected chi connectivity index (χ3v) is 6.86. The molecule has 2 aromatic rings. The van der Waals surface area contributed by atoms with Crippen LogP contribution in [-0.2, 0) is 25.7 Å². The van der Waals surface area contributed by atoms with Crippen molar-refractivity contribution in [3.05, 3.63) is 47.8 Å². The van der Waals surface area contributed by atoms with Crippen LogP contribution < -0.4 is 14.4 Å². The maximum Gasteiger partial charge on any atom is 0.427 e. The van der Waals surface area contributed by atoms with Crippen LogP contribution in [0.1, 0.15) is 32.8 Å². The lowest BCUT2D eigenvalue weighted by Gasteiger charge is -2.31. The van der Waals surface area contributed by atoms with Crippen molar-refractivity contribution in [1.29, 1.82) is 0 Å². The molecule has 0 spiro atoms. The molecule has 1 amide bonds. The Balaban J connectivity index is 0.00000129. The standard InChI is InChI=1S/C20H17F7N2O5S.C3H6O.CH4O/c1-18(2,20(25,26)27)34-17(30)28-11-3-6-16-15(9-11)29(7-8-33-16)35(31,32)12-4-5-14(21)13(10-12)19(22,23)24;1-2-3-4;1-2/h3-6,9-10H,7-8H2,1-2H3,(H,28,30);3H,2H2,1H3;2H,1H3. The van der Waals surface area contributed by atoms with E-state index in [0.29, 0.717) is 36.7 Å². The van der Waals surface area contributed by atoms with Crippen LogP contribution in [0.25, 0.3) is 0 Å². The van der Waals surface area contributed by atoms with Crippen molar-refractivity contribution in [2.45, 2.75) is 50.0 Å². The largest absolute Gasteiger partial charge is 0.489 e. The van der Waals surface area contributed by atoms with Gasteiger partial charge in [0.15, 0.2) is 0 Å². The van der Waals surface area contributed by atoms with Crippen molar-refractivity contribution in [2.75, 3.05) is 29.9 Å². The molecule has 0 bridgehead atoms. The third-order valence-electron chi connectivity index (χ3n) is 5.05. The topological polar surface area (TPSA) is 122 Å². The van der Waals surface area contributed by atoms with Gasteiger partial charge in [-0.2, -0.15) is 26.3 Å². The van der Waals surface area contributed by atoms with E-state index in [1.165, 1.54) is 12.1 Å². The summed E-state index contributed by atoms with van der Waals surface area (Å²) >= 11 is 0. The molecular formula is C24H27F7N2O7S. The number of anilines is 2. The fourth-order valence-electron chi connectivity index (χ4n) is 2.96. The van der Waals surface area contributed by atoms with Crippen molar-refractivity contribution < 1.29 is 63.3 Å². The number of amides is 1. The number of hydrogen-bond donors (Lipinski definition) is 2. The van der Waals surface area contributed by atoms with Crippen LogP contribution in [0.4, 0.5) is 46.9 Å². The van der Waals surface area contributed by atoms with E-state index in [9.17, 15) is 48.7 Å². The minimum Gasteiger partial charge on any atom is -0.489 e. The maximum atomic E-state index is 13.6. The van der Waals surface area contributed by atoms with Crippen molar-refractivity contribution in [3.63, 3.8) is 0 Å². The lowest BCUT2D eigenvalue weighted by Crippen LogP contribution is -2.44. The second-order valence-corrected chi connectivity index (χ2v) is 10.2. The minimum atomic E-state index is -5.15. The lowest BCUT2D eigenvalue weighted by atomic mass is 10.1. The average Bonchev–Trinajstić information content (AvgIpc) is 2.88. The Labute approximate surface area is 230 Å². The highest BCUT2D eigenvalue weighted by Gasteiger charge is 2.51. The van der Waals surface area contributed by atoms with Gasteiger partial charge in [0, 0.05) is 19.2 Å². The number of rotatable bonds is 5. The Hall–Kier alpha value is -3.60. The SMILES string of the molecule is CC(C)(OC(=O)Nc1ccc2c(c1)N(S(=O)(=O)c1ccc(F)c(C(F)(F)F)c1)CCO2)C(F)(F)F.CCC=O.CO. The summed E-state index contributed by atoms with van der Waals surface area (Å²) in [6.45, 7) is 2.52. The normalized spacial score (nSPS) is 13.3. The van der Waals surface area contributed by atoms with Crippen LogP contribution in [0.2, 0.25) is 0 Å². The molecule has 9 nitrogen and oxygen atoms in total. The number of ether oxygens (including phenoxy) is 2. The molecule has 0 aliphatic carbocycles. The molecule has 0 unspecified atom stereocenters. The van der Waals surface area contributed by atoms with Gasteiger partial charge in [0.05, 0.1) is 22.7 Å². The Morgan fingerprint density at radius 1 is 1.10 bits per heavy atom. The van der Waals surface area contributed by atoms with E-state index >= 15 is 0 Å². The summed E-state index contributed by atoms with van der Waals surface area (Å²) < 4.78 is 128. The number of nitrogens with one attached hydrogen (secondary N) is 1. The molecule has 1 aliphatic heterocycles. The van der Waals surface area contributed by atoms with Gasteiger partial charge in [-0.25, -0.2) is 17.6 Å². The zero-order chi connectivity index (χ0) is 31.8. The fourth-order valence-corrected chi connectivity index (χ4v) is 4.44. The molecule has 2 aromatic carbocycles. The zero-order valence-electron chi connectivity index (χ0n) is 22.1. The minimum absolute atomic E-state index is 0.0347. The molecule has 3 rings (SSSR count). The summed E-state index contributed by atoms with van der Waals surface area (Å²) in [5.74, 6) is -1.70. The van der Waals surface area contributed by atoms with Gasteiger partial charge < -0.3 is 19.4 Å². The van der Waals surface area contributed by atoms with Gasteiger partial charge in [0.2, 0.25) is 5.60 Å². The Bertz CT molecular complexity index is 1310. The zero-order valence-corrected chi connectivity index (χ0v) is 22.9. The first-order valence-electron chi connectivity index (χ1n) is 11.5. The van der Waals surface area contributed by atoms with E-state index in [2.05, 4.69) is 4.74 Å². The molecule has 2 N–H and O–H groups in total. The highest BCUT2D eigenvalue weighted by atomic mass is 32.2. The summed E-state index contributed by atoms with van der Waals surface area (Å²) in [6.07, 6.45) is -10.0. The number of carbonyl (C=O) groups excluding carboxylic acids is 2. The van der Waals surface area contributed by atoms with Crippen LogP contribution in [-0.4, -0.2) is 57.9 Å².